The van der Waals surface area contributed by atoms with Crippen molar-refractivity contribution in [2.45, 2.75) is 38.5 Å². The molecule has 5 nitrogen and oxygen atoms in total. The van der Waals surface area contributed by atoms with E-state index in [1.165, 1.54) is 12.8 Å². The Morgan fingerprint density at radius 3 is 3.21 bits per heavy atom. The summed E-state index contributed by atoms with van der Waals surface area (Å²) < 4.78 is 5.42. The molecule has 1 aliphatic heterocycles. The number of imidazole rings is 1. The summed E-state index contributed by atoms with van der Waals surface area (Å²) in [6.07, 6.45) is 7.95. The Balaban J connectivity index is 1.67. The van der Waals surface area contributed by atoms with Gasteiger partial charge in [0.05, 0.1) is 0 Å². The average molecular weight is 265 g/mol. The number of ether oxygens (including phenoxy) is 1. The molecule has 2 rings (SSSR count). The summed E-state index contributed by atoms with van der Waals surface area (Å²) in [6, 6.07) is 0. The summed E-state index contributed by atoms with van der Waals surface area (Å²) in [5, 5.41) is 0. The van der Waals surface area contributed by atoms with E-state index < -0.39 is 0 Å². The predicted octanol–water partition coefficient (Wildman–Crippen LogP) is 1.93. The van der Waals surface area contributed by atoms with Crippen molar-refractivity contribution in [3.05, 3.63) is 18.2 Å². The smallest absolute Gasteiger partial charge is 0.248 e. The fraction of sp³-hybridized carbons (Fsp3) is 0.714. The monoisotopic (exact) mass is 265 g/mol. The Hall–Kier alpha value is -1.36. The minimum atomic E-state index is 0.102. The number of likely N-dealkylation sites (tertiary alicyclic amines) is 1. The maximum Gasteiger partial charge on any atom is 0.248 e. The molecule has 0 aromatic carbocycles. The van der Waals surface area contributed by atoms with E-state index in [-0.39, 0.29) is 12.5 Å². The number of rotatable bonds is 7. The van der Waals surface area contributed by atoms with Crippen LogP contribution in [0.3, 0.4) is 0 Å². The van der Waals surface area contributed by atoms with Gasteiger partial charge in [0.2, 0.25) is 5.91 Å². The van der Waals surface area contributed by atoms with Crippen molar-refractivity contribution in [1.29, 1.82) is 0 Å². The Bertz CT molecular complexity index is 378. The first-order chi connectivity index (χ1) is 9.31. The van der Waals surface area contributed by atoms with Gasteiger partial charge in [0, 0.05) is 38.0 Å². The van der Waals surface area contributed by atoms with Gasteiger partial charge in [-0.25, -0.2) is 4.98 Å². The number of nitrogens with one attached hydrogen (secondary N) is 1. The predicted molar refractivity (Wildman–Crippen MR) is 72.9 cm³/mol. The van der Waals surface area contributed by atoms with Crippen molar-refractivity contribution in [3.63, 3.8) is 0 Å². The van der Waals surface area contributed by atoms with Crippen LogP contribution >= 0.6 is 0 Å². The van der Waals surface area contributed by atoms with Gasteiger partial charge in [-0.1, -0.05) is 19.8 Å². The Kier molecular flexibility index (Phi) is 5.39. The molecule has 0 unspecified atom stereocenters. The lowest BCUT2D eigenvalue weighted by atomic mass is 10.1. The molecular weight excluding hydrogens is 242 g/mol. The summed E-state index contributed by atoms with van der Waals surface area (Å²) in [4.78, 5) is 21.2. The Morgan fingerprint density at radius 2 is 2.47 bits per heavy atom. The molecule has 0 bridgehead atoms. The minimum absolute atomic E-state index is 0.102. The number of carbonyl (C=O) groups is 1. The number of unbranched alkanes of at least 4 members (excludes halogenated alkanes) is 2. The summed E-state index contributed by atoms with van der Waals surface area (Å²) in [6.45, 7) is 4.63. The van der Waals surface area contributed by atoms with Gasteiger partial charge >= 0.3 is 0 Å². The van der Waals surface area contributed by atoms with Gasteiger partial charge in [-0.2, -0.15) is 0 Å². The maximum absolute atomic E-state index is 12.0. The third kappa shape index (κ3) is 4.06. The van der Waals surface area contributed by atoms with Crippen LogP contribution in [-0.2, 0) is 9.53 Å². The first kappa shape index (κ1) is 14.1. The lowest BCUT2D eigenvalue weighted by Gasteiger charge is -2.16. The molecular formula is C14H23N3O2. The minimum Gasteiger partial charge on any atom is -0.372 e. The van der Waals surface area contributed by atoms with Crippen LogP contribution in [0.2, 0.25) is 0 Å². The van der Waals surface area contributed by atoms with Crippen molar-refractivity contribution < 1.29 is 9.53 Å². The third-order valence-electron chi connectivity index (χ3n) is 3.56. The van der Waals surface area contributed by atoms with Gasteiger partial charge < -0.3 is 14.6 Å². The van der Waals surface area contributed by atoms with Crippen LogP contribution in [-0.4, -0.2) is 47.1 Å². The van der Waals surface area contributed by atoms with Crippen molar-refractivity contribution in [2.24, 2.45) is 0 Å². The zero-order valence-corrected chi connectivity index (χ0v) is 11.6. The molecule has 19 heavy (non-hydrogen) atoms. The van der Waals surface area contributed by atoms with Crippen LogP contribution in [0.5, 0.6) is 0 Å². The SMILES string of the molecule is CCCCCOCC(=O)N1CC[C@H](c2ncc[nH]2)C1. The molecule has 1 saturated heterocycles. The second-order valence-electron chi connectivity index (χ2n) is 5.06. The summed E-state index contributed by atoms with van der Waals surface area (Å²) in [7, 11) is 0. The average Bonchev–Trinajstić information content (AvgIpc) is 3.08. The van der Waals surface area contributed by atoms with Gasteiger partial charge in [-0.05, 0) is 12.8 Å². The molecule has 5 heteroatoms. The summed E-state index contributed by atoms with van der Waals surface area (Å²) in [5.74, 6) is 1.43. The molecule has 0 aliphatic carbocycles. The third-order valence-corrected chi connectivity index (χ3v) is 3.56. The highest BCUT2D eigenvalue weighted by Crippen LogP contribution is 2.24. The number of hydrogen-bond donors (Lipinski definition) is 1. The number of carbonyl (C=O) groups excluding carboxylic acids is 1. The molecule has 1 aromatic rings. The lowest BCUT2D eigenvalue weighted by molar-refractivity contribution is -0.135. The standard InChI is InChI=1S/C14H23N3O2/c1-2-3-4-9-19-11-13(18)17-8-5-12(10-17)14-15-6-7-16-14/h6-7,12H,2-5,8-11H2,1H3,(H,15,16)/t12-/m0/s1. The molecule has 0 spiro atoms. The maximum atomic E-state index is 12.0. The van der Waals surface area contributed by atoms with E-state index in [1.807, 2.05) is 11.1 Å². The van der Waals surface area contributed by atoms with Gasteiger partial charge in [-0.15, -0.1) is 0 Å². The Morgan fingerprint density at radius 1 is 1.58 bits per heavy atom. The zero-order valence-electron chi connectivity index (χ0n) is 11.6. The largest absolute Gasteiger partial charge is 0.372 e. The van der Waals surface area contributed by atoms with Crippen LogP contribution in [0.4, 0.5) is 0 Å². The molecule has 1 amide bonds. The van der Waals surface area contributed by atoms with Gasteiger partial charge in [0.15, 0.2) is 0 Å². The molecule has 1 aromatic heterocycles. The highest BCUT2D eigenvalue weighted by Gasteiger charge is 2.28. The van der Waals surface area contributed by atoms with Crippen molar-refractivity contribution in [3.8, 4) is 0 Å². The molecule has 1 fully saturated rings. The molecule has 0 saturated carbocycles. The second-order valence-corrected chi connectivity index (χ2v) is 5.06. The normalized spacial score (nSPS) is 19.0. The molecule has 106 valence electrons. The highest BCUT2D eigenvalue weighted by molar-refractivity contribution is 5.77. The van der Waals surface area contributed by atoms with Crippen LogP contribution in [0.25, 0.3) is 0 Å². The van der Waals surface area contributed by atoms with Gasteiger partial charge in [-0.3, -0.25) is 4.79 Å². The van der Waals surface area contributed by atoms with E-state index in [1.54, 1.807) is 6.20 Å². The molecule has 2 heterocycles. The van der Waals surface area contributed by atoms with E-state index in [2.05, 4.69) is 16.9 Å². The van der Waals surface area contributed by atoms with Gasteiger partial charge in [0.25, 0.3) is 0 Å². The quantitative estimate of drug-likeness (QED) is 0.766. The Labute approximate surface area is 114 Å². The van der Waals surface area contributed by atoms with E-state index in [0.717, 1.165) is 31.8 Å². The first-order valence-corrected chi connectivity index (χ1v) is 7.16. The zero-order chi connectivity index (χ0) is 13.5. The van der Waals surface area contributed by atoms with E-state index in [4.69, 9.17) is 4.74 Å². The lowest BCUT2D eigenvalue weighted by Crippen LogP contribution is -2.32. The number of aromatic amines is 1. The number of hydrogen-bond acceptors (Lipinski definition) is 3. The van der Waals surface area contributed by atoms with Crippen LogP contribution in [0.1, 0.15) is 44.3 Å². The van der Waals surface area contributed by atoms with Gasteiger partial charge in [0.1, 0.15) is 12.4 Å². The number of aromatic nitrogens is 2. The fourth-order valence-corrected chi connectivity index (χ4v) is 2.42. The van der Waals surface area contributed by atoms with E-state index in [0.29, 0.717) is 12.5 Å². The van der Waals surface area contributed by atoms with Crippen LogP contribution in [0.15, 0.2) is 12.4 Å². The number of H-pyrrole nitrogens is 1. The van der Waals surface area contributed by atoms with Crippen LogP contribution in [0, 0.1) is 0 Å². The number of amides is 1. The van der Waals surface area contributed by atoms with Crippen molar-refractivity contribution in [1.82, 2.24) is 14.9 Å². The molecule has 1 aliphatic rings. The van der Waals surface area contributed by atoms with E-state index >= 15 is 0 Å². The first-order valence-electron chi connectivity index (χ1n) is 7.16. The molecule has 0 radical (unpaired) electrons. The second kappa shape index (κ2) is 7.28. The summed E-state index contributed by atoms with van der Waals surface area (Å²) >= 11 is 0. The molecule has 1 N–H and O–H groups in total. The van der Waals surface area contributed by atoms with Crippen LogP contribution < -0.4 is 0 Å². The van der Waals surface area contributed by atoms with Crippen molar-refractivity contribution >= 4 is 5.91 Å². The number of nitrogens with zero attached hydrogens (tertiary/aromatic N) is 2. The highest BCUT2D eigenvalue weighted by atomic mass is 16.5. The fourth-order valence-electron chi connectivity index (χ4n) is 2.42. The van der Waals surface area contributed by atoms with Crippen molar-refractivity contribution in [2.75, 3.05) is 26.3 Å². The molecule has 1 atom stereocenters. The topological polar surface area (TPSA) is 58.2 Å². The summed E-state index contributed by atoms with van der Waals surface area (Å²) in [5.41, 5.74) is 0. The van der Waals surface area contributed by atoms with E-state index in [9.17, 15) is 4.79 Å².